The van der Waals surface area contributed by atoms with E-state index in [2.05, 4.69) is 15.6 Å². The molecule has 1 aromatic carbocycles. The fourth-order valence-electron chi connectivity index (χ4n) is 2.90. The molecule has 0 aliphatic rings. The fourth-order valence-corrected chi connectivity index (χ4v) is 2.90. The van der Waals surface area contributed by atoms with Gasteiger partial charge in [-0.05, 0) is 52.3 Å². The summed E-state index contributed by atoms with van der Waals surface area (Å²) in [5, 5.41) is 16.8. The number of hydrogen-bond donors (Lipinski definition) is 3. The van der Waals surface area contributed by atoms with E-state index in [9.17, 15) is 13.9 Å². The van der Waals surface area contributed by atoms with Gasteiger partial charge >= 0.3 is 0 Å². The van der Waals surface area contributed by atoms with Crippen LogP contribution in [0.25, 0.3) is 0 Å². The third kappa shape index (κ3) is 6.44. The van der Waals surface area contributed by atoms with Gasteiger partial charge in [0, 0.05) is 24.2 Å². The molecule has 1 aromatic heterocycles. The predicted molar refractivity (Wildman–Crippen MR) is 117 cm³/mol. The van der Waals surface area contributed by atoms with Crippen LogP contribution >= 0.6 is 24.0 Å². The first-order valence-electron chi connectivity index (χ1n) is 8.99. The van der Waals surface area contributed by atoms with E-state index >= 15 is 0 Å². The van der Waals surface area contributed by atoms with Gasteiger partial charge in [0.2, 0.25) is 0 Å². The number of guanidine groups is 1. The Balaban J connectivity index is 0.00000392. The van der Waals surface area contributed by atoms with Gasteiger partial charge in [-0.15, -0.1) is 24.0 Å². The van der Waals surface area contributed by atoms with Gasteiger partial charge in [0.05, 0.1) is 6.54 Å². The zero-order valence-corrected chi connectivity index (χ0v) is 18.9. The molecule has 1 unspecified atom stereocenters. The normalized spacial score (nSPS) is 13.6. The minimum absolute atomic E-state index is 0. The number of hydrogen-bond acceptors (Lipinski definition) is 3. The number of benzene rings is 1. The average Bonchev–Trinajstić information content (AvgIpc) is 2.94. The Bertz CT molecular complexity index is 786. The van der Waals surface area contributed by atoms with E-state index in [1.54, 1.807) is 19.9 Å². The molecule has 2 aromatic rings. The van der Waals surface area contributed by atoms with Crippen molar-refractivity contribution in [3.63, 3.8) is 0 Å². The van der Waals surface area contributed by atoms with Crippen LogP contribution in [-0.2, 0) is 12.0 Å². The van der Waals surface area contributed by atoms with Crippen molar-refractivity contribution >= 4 is 29.9 Å². The van der Waals surface area contributed by atoms with Crippen molar-refractivity contribution in [2.75, 3.05) is 19.6 Å². The van der Waals surface area contributed by atoms with Gasteiger partial charge in [0.15, 0.2) is 5.96 Å². The highest BCUT2D eigenvalue weighted by molar-refractivity contribution is 14.0. The molecule has 0 aliphatic carbocycles. The van der Waals surface area contributed by atoms with Crippen molar-refractivity contribution < 1.29 is 18.3 Å². The molecule has 1 atom stereocenters. The van der Waals surface area contributed by atoms with Crippen LogP contribution < -0.4 is 10.6 Å². The van der Waals surface area contributed by atoms with Gasteiger partial charge in [0.25, 0.3) is 0 Å². The number of halogens is 3. The second-order valence-electron chi connectivity index (χ2n) is 6.67. The molecule has 0 saturated heterocycles. The summed E-state index contributed by atoms with van der Waals surface area (Å²) in [5.74, 6) is 0.719. The van der Waals surface area contributed by atoms with Crippen molar-refractivity contribution in [1.82, 2.24) is 10.6 Å². The van der Waals surface area contributed by atoms with Crippen LogP contribution in [-0.4, -0.2) is 30.7 Å². The van der Waals surface area contributed by atoms with E-state index in [4.69, 9.17) is 4.42 Å². The molecular formula is C20H28F2IN3O2. The van der Waals surface area contributed by atoms with Gasteiger partial charge < -0.3 is 20.2 Å². The summed E-state index contributed by atoms with van der Waals surface area (Å²) in [5.41, 5.74) is -0.465. The SMILES string of the molecule is CCNC(=NCC(C)(O)c1cc(C)oc1C)NCCc1c(F)cccc1F.I. The molecule has 0 amide bonds. The Morgan fingerprint density at radius 3 is 2.39 bits per heavy atom. The molecule has 0 fully saturated rings. The first-order chi connectivity index (χ1) is 12.7. The highest BCUT2D eigenvalue weighted by Crippen LogP contribution is 2.27. The lowest BCUT2D eigenvalue weighted by atomic mass is 9.96. The maximum absolute atomic E-state index is 13.7. The summed E-state index contributed by atoms with van der Waals surface area (Å²) in [4.78, 5) is 4.40. The Hall–Kier alpha value is -1.68. The maximum Gasteiger partial charge on any atom is 0.191 e. The van der Waals surface area contributed by atoms with Gasteiger partial charge in [-0.2, -0.15) is 0 Å². The lowest BCUT2D eigenvalue weighted by molar-refractivity contribution is 0.0657. The summed E-state index contributed by atoms with van der Waals surface area (Å²) < 4.78 is 32.9. The van der Waals surface area contributed by atoms with Crippen LogP contribution in [0.15, 0.2) is 33.7 Å². The van der Waals surface area contributed by atoms with Crippen molar-refractivity contribution in [3.8, 4) is 0 Å². The van der Waals surface area contributed by atoms with Crippen LogP contribution in [0.3, 0.4) is 0 Å². The second-order valence-corrected chi connectivity index (χ2v) is 6.67. The fraction of sp³-hybridized carbons (Fsp3) is 0.450. The number of rotatable bonds is 7. The van der Waals surface area contributed by atoms with Crippen molar-refractivity contribution in [2.45, 2.75) is 39.7 Å². The number of nitrogens with one attached hydrogen (secondary N) is 2. The topological polar surface area (TPSA) is 69.8 Å². The van der Waals surface area contributed by atoms with E-state index in [0.29, 0.717) is 30.4 Å². The molecule has 28 heavy (non-hydrogen) atoms. The number of nitrogens with zero attached hydrogens (tertiary/aromatic N) is 1. The molecule has 3 N–H and O–H groups in total. The molecule has 0 aliphatic heterocycles. The first-order valence-corrected chi connectivity index (χ1v) is 8.99. The van der Waals surface area contributed by atoms with Crippen LogP contribution in [0.1, 0.15) is 36.5 Å². The summed E-state index contributed by atoms with van der Waals surface area (Å²) in [6.07, 6.45) is 0.180. The largest absolute Gasteiger partial charge is 0.466 e. The maximum atomic E-state index is 13.7. The summed E-state index contributed by atoms with van der Waals surface area (Å²) >= 11 is 0. The number of furan rings is 1. The molecule has 0 bridgehead atoms. The van der Waals surface area contributed by atoms with Crippen LogP contribution in [0.4, 0.5) is 8.78 Å². The van der Waals surface area contributed by atoms with Crippen molar-refractivity contribution in [2.24, 2.45) is 4.99 Å². The number of aliphatic imine (C=N–C) groups is 1. The van der Waals surface area contributed by atoms with E-state index in [-0.39, 0.29) is 42.5 Å². The van der Waals surface area contributed by atoms with E-state index in [1.165, 1.54) is 18.2 Å². The van der Waals surface area contributed by atoms with Crippen LogP contribution in [0.2, 0.25) is 0 Å². The molecule has 156 valence electrons. The third-order valence-corrected chi connectivity index (χ3v) is 4.24. The van der Waals surface area contributed by atoms with Crippen LogP contribution in [0.5, 0.6) is 0 Å². The summed E-state index contributed by atoms with van der Waals surface area (Å²) in [6.45, 7) is 8.23. The molecule has 1 heterocycles. The predicted octanol–water partition coefficient (Wildman–Crippen LogP) is 3.80. The zero-order valence-electron chi connectivity index (χ0n) is 16.6. The average molecular weight is 507 g/mol. The third-order valence-electron chi connectivity index (χ3n) is 4.24. The second kappa shape index (κ2) is 10.8. The molecule has 8 heteroatoms. The first kappa shape index (κ1) is 24.4. The minimum atomic E-state index is -1.19. The number of aryl methyl sites for hydroxylation is 2. The summed E-state index contributed by atoms with van der Waals surface area (Å²) in [7, 11) is 0. The van der Waals surface area contributed by atoms with Gasteiger partial charge in [-0.25, -0.2) is 13.8 Å². The molecule has 5 nitrogen and oxygen atoms in total. The lowest BCUT2D eigenvalue weighted by Gasteiger charge is -2.21. The van der Waals surface area contributed by atoms with Gasteiger partial charge in [-0.3, -0.25) is 0 Å². The highest BCUT2D eigenvalue weighted by atomic mass is 127. The monoisotopic (exact) mass is 507 g/mol. The number of aliphatic hydroxyl groups is 1. The molecule has 2 rings (SSSR count). The van der Waals surface area contributed by atoms with Gasteiger partial charge in [-0.1, -0.05) is 6.07 Å². The summed E-state index contributed by atoms with van der Waals surface area (Å²) in [6, 6.07) is 5.62. The Kier molecular flexibility index (Phi) is 9.35. The Labute approximate surface area is 181 Å². The molecule has 0 spiro atoms. The minimum Gasteiger partial charge on any atom is -0.466 e. The zero-order chi connectivity index (χ0) is 20.0. The highest BCUT2D eigenvalue weighted by Gasteiger charge is 2.27. The lowest BCUT2D eigenvalue weighted by Crippen LogP contribution is -2.40. The Morgan fingerprint density at radius 2 is 1.86 bits per heavy atom. The van der Waals surface area contributed by atoms with E-state index in [1.807, 2.05) is 13.8 Å². The Morgan fingerprint density at radius 1 is 1.21 bits per heavy atom. The van der Waals surface area contributed by atoms with E-state index < -0.39 is 17.2 Å². The van der Waals surface area contributed by atoms with Gasteiger partial charge in [0.1, 0.15) is 28.8 Å². The van der Waals surface area contributed by atoms with Crippen molar-refractivity contribution in [1.29, 1.82) is 0 Å². The van der Waals surface area contributed by atoms with E-state index in [0.717, 1.165) is 5.76 Å². The molecule has 0 radical (unpaired) electrons. The van der Waals surface area contributed by atoms with Crippen molar-refractivity contribution in [3.05, 3.63) is 58.5 Å². The quantitative estimate of drug-likeness (QED) is 0.303. The van der Waals surface area contributed by atoms with Crippen LogP contribution in [0, 0.1) is 25.5 Å². The smallest absolute Gasteiger partial charge is 0.191 e. The molecular weight excluding hydrogens is 479 g/mol. The molecule has 0 saturated carbocycles. The standard InChI is InChI=1S/C20H27F2N3O2.HI/c1-5-23-19(24-10-9-15-17(21)7-6-8-18(15)22)25-12-20(4,26)16-11-13(2)27-14(16)3;/h6-8,11,26H,5,9-10,12H2,1-4H3,(H2,23,24,25);1H.